The van der Waals surface area contributed by atoms with Crippen molar-refractivity contribution in [2.24, 2.45) is 0 Å². The first-order valence-corrected chi connectivity index (χ1v) is 13.2. The fraction of sp³-hybridized carbons (Fsp3) is 0.360. The summed E-state index contributed by atoms with van der Waals surface area (Å²) in [6.45, 7) is 3.24. The van der Waals surface area contributed by atoms with Gasteiger partial charge in [-0.2, -0.15) is 0 Å². The third kappa shape index (κ3) is 6.13. The average Bonchev–Trinajstić information content (AvgIpc) is 3.07. The lowest BCUT2D eigenvalue weighted by molar-refractivity contribution is -0.274. The van der Waals surface area contributed by atoms with Crippen LogP contribution in [0, 0.1) is 0 Å². The molecule has 8 nitrogen and oxygen atoms in total. The molecular weight excluding hydrogens is 511 g/mol. The third-order valence-electron chi connectivity index (χ3n) is 6.21. The molecule has 37 heavy (non-hydrogen) atoms. The van der Waals surface area contributed by atoms with E-state index in [1.807, 2.05) is 6.92 Å². The van der Waals surface area contributed by atoms with Crippen LogP contribution in [0.15, 0.2) is 58.5 Å². The quantitative estimate of drug-likeness (QED) is 0.481. The normalized spacial score (nSPS) is 15.5. The van der Waals surface area contributed by atoms with Crippen molar-refractivity contribution in [3.8, 4) is 5.75 Å². The van der Waals surface area contributed by atoms with E-state index in [1.54, 1.807) is 21.9 Å². The topological polar surface area (TPSA) is 100 Å². The van der Waals surface area contributed by atoms with Crippen molar-refractivity contribution in [3.05, 3.63) is 54.2 Å². The molecule has 0 unspecified atom stereocenters. The monoisotopic (exact) mass is 537 g/mol. The number of ether oxygens (including phenoxy) is 1. The highest BCUT2D eigenvalue weighted by Crippen LogP contribution is 2.38. The largest absolute Gasteiger partial charge is 0.573 e. The number of aryl methyl sites for hydroxylation is 1. The molecule has 0 bridgehead atoms. The Morgan fingerprint density at radius 1 is 1.08 bits per heavy atom. The fourth-order valence-corrected chi connectivity index (χ4v) is 5.87. The van der Waals surface area contributed by atoms with Gasteiger partial charge in [0.05, 0.1) is 22.6 Å². The molecule has 2 heterocycles. The molecule has 1 aliphatic rings. The predicted octanol–water partition coefficient (Wildman–Crippen LogP) is 4.13. The van der Waals surface area contributed by atoms with Crippen LogP contribution in [0.1, 0.15) is 18.9 Å². The summed E-state index contributed by atoms with van der Waals surface area (Å²) in [6, 6.07) is 10.1. The van der Waals surface area contributed by atoms with Crippen LogP contribution in [0.25, 0.3) is 10.9 Å². The number of alkyl halides is 3. The number of fused-ring (bicyclic) bond motifs is 1. The first kappa shape index (κ1) is 26.7. The molecule has 0 radical (unpaired) electrons. The molecule has 0 spiro atoms. The van der Waals surface area contributed by atoms with Crippen molar-refractivity contribution in [2.45, 2.75) is 35.9 Å². The molecule has 198 valence electrons. The number of aromatic nitrogens is 1. The summed E-state index contributed by atoms with van der Waals surface area (Å²) in [4.78, 5) is 18.9. The number of carbonyl (C=O) groups is 1. The number of rotatable bonds is 7. The van der Waals surface area contributed by atoms with Crippen LogP contribution in [-0.4, -0.2) is 68.5 Å². The Morgan fingerprint density at radius 2 is 1.81 bits per heavy atom. The van der Waals surface area contributed by atoms with Gasteiger partial charge in [-0.25, -0.2) is 8.42 Å². The van der Waals surface area contributed by atoms with Gasteiger partial charge in [0.25, 0.3) is 0 Å². The molecule has 1 N–H and O–H groups in total. The van der Waals surface area contributed by atoms with Crippen molar-refractivity contribution in [3.63, 3.8) is 0 Å². The Bertz CT molecular complexity index is 1400. The van der Waals surface area contributed by atoms with Crippen LogP contribution >= 0.6 is 0 Å². The van der Waals surface area contributed by atoms with Crippen LogP contribution in [0.3, 0.4) is 0 Å². The number of anilines is 1. The van der Waals surface area contributed by atoms with Crippen molar-refractivity contribution in [2.75, 3.05) is 37.6 Å². The number of hydrogen-bond acceptors (Lipinski definition) is 7. The molecule has 0 aliphatic carbocycles. The maximum Gasteiger partial charge on any atom is 0.573 e. The Balaban J connectivity index is 1.87. The maximum absolute atomic E-state index is 13.8. The Kier molecular flexibility index (Phi) is 7.60. The van der Waals surface area contributed by atoms with E-state index in [4.69, 9.17) is 0 Å². The highest BCUT2D eigenvalue weighted by Gasteiger charge is 2.32. The predicted molar refractivity (Wildman–Crippen MR) is 131 cm³/mol. The van der Waals surface area contributed by atoms with Crippen LogP contribution in [-0.2, 0) is 21.1 Å². The van der Waals surface area contributed by atoms with Crippen molar-refractivity contribution >= 4 is 32.4 Å². The molecular formula is C25H26F3N3O5S. The van der Waals surface area contributed by atoms with Crippen LogP contribution in [0.5, 0.6) is 5.75 Å². The number of benzene rings is 2. The zero-order valence-corrected chi connectivity index (χ0v) is 20.8. The molecule has 12 heteroatoms. The second-order valence-electron chi connectivity index (χ2n) is 8.71. The van der Waals surface area contributed by atoms with Gasteiger partial charge in [-0.15, -0.1) is 13.2 Å². The van der Waals surface area contributed by atoms with Gasteiger partial charge >= 0.3 is 12.3 Å². The highest BCUT2D eigenvalue weighted by atomic mass is 32.2. The van der Waals surface area contributed by atoms with E-state index in [-0.39, 0.29) is 34.0 Å². The van der Waals surface area contributed by atoms with Crippen molar-refractivity contribution in [1.82, 2.24) is 9.88 Å². The minimum Gasteiger partial charge on any atom is -0.480 e. The molecule has 1 aromatic heterocycles. The van der Waals surface area contributed by atoms with Crippen molar-refractivity contribution < 1.29 is 36.2 Å². The second-order valence-corrected chi connectivity index (χ2v) is 10.6. The number of pyridine rings is 1. The van der Waals surface area contributed by atoms with E-state index >= 15 is 0 Å². The Morgan fingerprint density at radius 3 is 2.46 bits per heavy atom. The summed E-state index contributed by atoms with van der Waals surface area (Å²) >= 11 is 0. The van der Waals surface area contributed by atoms with E-state index in [1.165, 1.54) is 24.4 Å². The number of nitrogens with zero attached hydrogens (tertiary/aromatic N) is 3. The van der Waals surface area contributed by atoms with Gasteiger partial charge in [-0.05, 0) is 48.7 Å². The zero-order valence-electron chi connectivity index (χ0n) is 20.0. The molecule has 3 aromatic rings. The first-order chi connectivity index (χ1) is 17.5. The fourth-order valence-electron chi connectivity index (χ4n) is 4.43. The third-order valence-corrected chi connectivity index (χ3v) is 7.98. The lowest BCUT2D eigenvalue weighted by Gasteiger charge is -2.27. The minimum absolute atomic E-state index is 0.0390. The van der Waals surface area contributed by atoms with Crippen LogP contribution in [0.4, 0.5) is 18.9 Å². The summed E-state index contributed by atoms with van der Waals surface area (Å²) < 4.78 is 70.5. The van der Waals surface area contributed by atoms with E-state index in [9.17, 15) is 31.5 Å². The number of halogens is 3. The second kappa shape index (κ2) is 10.5. The smallest absolute Gasteiger partial charge is 0.480 e. The molecule has 1 saturated heterocycles. The van der Waals surface area contributed by atoms with Crippen LogP contribution < -0.4 is 9.64 Å². The molecule has 4 rings (SSSR count). The summed E-state index contributed by atoms with van der Waals surface area (Å²) in [5, 5.41) is 9.36. The molecule has 2 aromatic carbocycles. The molecule has 1 aliphatic heterocycles. The van der Waals surface area contributed by atoms with Gasteiger partial charge in [0.15, 0.2) is 0 Å². The van der Waals surface area contributed by atoms with E-state index < -0.39 is 27.9 Å². The van der Waals surface area contributed by atoms with E-state index in [2.05, 4.69) is 9.72 Å². The number of aliphatic carboxylic acids is 1. The van der Waals surface area contributed by atoms with E-state index in [0.717, 1.165) is 24.1 Å². The zero-order chi connectivity index (χ0) is 26.8. The molecule has 0 amide bonds. The first-order valence-electron chi connectivity index (χ1n) is 11.7. The maximum atomic E-state index is 13.8. The Hall–Kier alpha value is -3.38. The summed E-state index contributed by atoms with van der Waals surface area (Å²) in [7, 11) is -4.10. The standard InChI is InChI=1S/C25H26F3N3O5S/c1-2-17-4-7-19(8-5-17)37(34,35)22-15-29-21-9-6-18(36-25(26,27)28)14-20(21)24(22)31-11-3-10-30(12-13-31)16-23(32)33/h4-9,14-15H,2-3,10-13,16H2,1H3,(H,32,33). The summed E-state index contributed by atoms with van der Waals surface area (Å²) in [5.41, 5.74) is 1.47. The summed E-state index contributed by atoms with van der Waals surface area (Å²) in [5.74, 6) is -1.47. The molecule has 1 fully saturated rings. The molecule has 0 atom stereocenters. The van der Waals surface area contributed by atoms with E-state index in [0.29, 0.717) is 31.6 Å². The van der Waals surface area contributed by atoms with Gasteiger partial charge < -0.3 is 14.7 Å². The summed E-state index contributed by atoms with van der Waals surface area (Å²) in [6.07, 6.45) is -2.44. The van der Waals surface area contributed by atoms with Crippen LogP contribution in [0.2, 0.25) is 0 Å². The van der Waals surface area contributed by atoms with Gasteiger partial charge in [0.2, 0.25) is 9.84 Å². The van der Waals surface area contributed by atoms with Gasteiger partial charge in [-0.1, -0.05) is 19.1 Å². The SMILES string of the molecule is CCc1ccc(S(=O)(=O)c2cnc3ccc(OC(F)(F)F)cc3c2N2CCCN(CC(=O)O)CC2)cc1. The van der Waals surface area contributed by atoms with Gasteiger partial charge in [-0.3, -0.25) is 14.7 Å². The van der Waals surface area contributed by atoms with Gasteiger partial charge in [0, 0.05) is 37.8 Å². The Labute approximate surface area is 212 Å². The number of hydrogen-bond donors (Lipinski definition) is 1. The lowest BCUT2D eigenvalue weighted by atomic mass is 10.1. The number of carboxylic acid groups (broad SMARTS) is 1. The highest BCUT2D eigenvalue weighted by molar-refractivity contribution is 7.91. The number of carboxylic acids is 1. The molecule has 0 saturated carbocycles. The lowest BCUT2D eigenvalue weighted by Crippen LogP contribution is -2.34. The average molecular weight is 538 g/mol. The minimum atomic E-state index is -4.92. The van der Waals surface area contributed by atoms with Crippen molar-refractivity contribution in [1.29, 1.82) is 0 Å². The number of sulfone groups is 1. The van der Waals surface area contributed by atoms with Gasteiger partial charge in [0.1, 0.15) is 10.6 Å².